The quantitative estimate of drug-likeness (QED) is 0.549. The fourth-order valence-electron chi connectivity index (χ4n) is 3.96. The Bertz CT molecular complexity index is 362. The Morgan fingerprint density at radius 3 is 3.00 bits per heavy atom. The summed E-state index contributed by atoms with van der Waals surface area (Å²) in [4.78, 5) is 14.1. The van der Waals surface area contributed by atoms with Gasteiger partial charge in [-0.1, -0.05) is 18.6 Å². The predicted molar refractivity (Wildman–Crippen MR) is 86.2 cm³/mol. The number of nitrogens with zero attached hydrogens (tertiary/aromatic N) is 1. The summed E-state index contributed by atoms with van der Waals surface area (Å²) in [5, 5.41) is 0. The number of piperidine rings is 1. The van der Waals surface area contributed by atoms with Crippen LogP contribution in [0.2, 0.25) is 0 Å². The zero-order chi connectivity index (χ0) is 15.1. The molecule has 0 radical (unpaired) electrons. The Hall–Kier alpha value is -0.830. The van der Waals surface area contributed by atoms with Gasteiger partial charge < -0.3 is 4.74 Å². The summed E-state index contributed by atoms with van der Waals surface area (Å²) in [6, 6.07) is 0.765. The van der Waals surface area contributed by atoms with Crippen LogP contribution in [0.25, 0.3) is 0 Å². The number of likely N-dealkylation sites (tertiary alicyclic amines) is 1. The number of rotatable bonds is 6. The Kier molecular flexibility index (Phi) is 6.75. The molecule has 0 aromatic carbocycles. The molecule has 3 heteroatoms. The monoisotopic (exact) mass is 293 g/mol. The van der Waals surface area contributed by atoms with E-state index in [-0.39, 0.29) is 5.97 Å². The van der Waals surface area contributed by atoms with E-state index in [4.69, 9.17) is 4.74 Å². The van der Waals surface area contributed by atoms with Crippen LogP contribution in [0.3, 0.4) is 0 Å². The van der Waals surface area contributed by atoms with Gasteiger partial charge in [-0.25, -0.2) is 0 Å². The van der Waals surface area contributed by atoms with Gasteiger partial charge in [0.2, 0.25) is 0 Å². The van der Waals surface area contributed by atoms with Crippen LogP contribution in [0, 0.1) is 5.92 Å². The highest BCUT2D eigenvalue weighted by atomic mass is 16.5. The van der Waals surface area contributed by atoms with Crippen molar-refractivity contribution in [2.45, 2.75) is 71.3 Å². The molecule has 1 heterocycles. The molecule has 0 bridgehead atoms. The summed E-state index contributed by atoms with van der Waals surface area (Å²) in [7, 11) is 0. The number of fused-ring (bicyclic) bond motifs is 1. The number of hydrogen-bond donors (Lipinski definition) is 0. The van der Waals surface area contributed by atoms with E-state index in [0.29, 0.717) is 13.0 Å². The van der Waals surface area contributed by atoms with E-state index in [1.54, 1.807) is 5.57 Å². The Labute approximate surface area is 129 Å². The third kappa shape index (κ3) is 4.84. The minimum atomic E-state index is -0.0617. The van der Waals surface area contributed by atoms with Crippen LogP contribution >= 0.6 is 0 Å². The van der Waals surface area contributed by atoms with Crippen molar-refractivity contribution in [2.24, 2.45) is 5.92 Å². The van der Waals surface area contributed by atoms with Crippen molar-refractivity contribution in [3.8, 4) is 0 Å². The molecular formula is C18H31NO2. The van der Waals surface area contributed by atoms with Gasteiger partial charge >= 0.3 is 5.97 Å². The summed E-state index contributed by atoms with van der Waals surface area (Å²) in [6.45, 7) is 7.17. The molecule has 1 aliphatic heterocycles. The lowest BCUT2D eigenvalue weighted by atomic mass is 9.76. The second-order valence-electron chi connectivity index (χ2n) is 6.45. The second-order valence-corrected chi connectivity index (χ2v) is 6.45. The summed E-state index contributed by atoms with van der Waals surface area (Å²) >= 11 is 0. The van der Waals surface area contributed by atoms with Gasteiger partial charge in [0.05, 0.1) is 6.61 Å². The lowest BCUT2D eigenvalue weighted by Crippen LogP contribution is -2.47. The molecule has 0 aromatic rings. The Morgan fingerprint density at radius 1 is 1.38 bits per heavy atom. The van der Waals surface area contributed by atoms with Crippen LogP contribution < -0.4 is 0 Å². The van der Waals surface area contributed by atoms with E-state index < -0.39 is 0 Å². The predicted octanol–water partition coefficient (Wildman–Crippen LogP) is 3.93. The zero-order valence-corrected chi connectivity index (χ0v) is 13.8. The van der Waals surface area contributed by atoms with Gasteiger partial charge in [-0.15, -0.1) is 0 Å². The van der Waals surface area contributed by atoms with Gasteiger partial charge in [-0.05, 0) is 70.9 Å². The molecule has 2 aliphatic rings. The van der Waals surface area contributed by atoms with Gasteiger partial charge in [0.15, 0.2) is 0 Å². The highest BCUT2D eigenvalue weighted by molar-refractivity contribution is 5.69. The van der Waals surface area contributed by atoms with Crippen molar-refractivity contribution in [1.82, 2.24) is 4.90 Å². The molecule has 0 aromatic heterocycles. The molecular weight excluding hydrogens is 262 g/mol. The number of hydrogen-bond acceptors (Lipinski definition) is 3. The molecule has 0 unspecified atom stereocenters. The van der Waals surface area contributed by atoms with E-state index in [0.717, 1.165) is 18.4 Å². The van der Waals surface area contributed by atoms with Crippen LogP contribution in [0.15, 0.2) is 11.6 Å². The van der Waals surface area contributed by atoms with Crippen molar-refractivity contribution < 1.29 is 9.53 Å². The van der Waals surface area contributed by atoms with E-state index >= 15 is 0 Å². The summed E-state index contributed by atoms with van der Waals surface area (Å²) in [5.74, 6) is 0.848. The van der Waals surface area contributed by atoms with Crippen molar-refractivity contribution in [2.75, 3.05) is 19.7 Å². The summed E-state index contributed by atoms with van der Waals surface area (Å²) < 4.78 is 4.99. The molecule has 120 valence electrons. The average Bonchev–Trinajstić information content (AvgIpc) is 2.48. The fraction of sp³-hybridized carbons (Fsp3) is 0.833. The molecule has 0 amide bonds. The van der Waals surface area contributed by atoms with Crippen LogP contribution in [0.5, 0.6) is 0 Å². The van der Waals surface area contributed by atoms with Crippen LogP contribution in [0.1, 0.15) is 65.2 Å². The highest BCUT2D eigenvalue weighted by Gasteiger charge is 2.34. The first-order valence-corrected chi connectivity index (χ1v) is 8.82. The second kappa shape index (κ2) is 8.57. The third-order valence-electron chi connectivity index (χ3n) is 4.94. The standard InChI is InChI=1S/C18H31NO2/c1-3-12-19-13-6-8-16-11-10-15(14-17(16)19)7-5-9-18(20)21-4-2/h7,16-17H,3-6,8-14H2,1-2H3/b15-7+/t16-,17-/m1/s1. The highest BCUT2D eigenvalue weighted by Crippen LogP contribution is 2.37. The van der Waals surface area contributed by atoms with E-state index in [9.17, 15) is 4.79 Å². The smallest absolute Gasteiger partial charge is 0.306 e. The van der Waals surface area contributed by atoms with Crippen molar-refractivity contribution in [3.63, 3.8) is 0 Å². The van der Waals surface area contributed by atoms with Gasteiger partial charge in [0.25, 0.3) is 0 Å². The molecule has 21 heavy (non-hydrogen) atoms. The molecule has 0 N–H and O–H groups in total. The van der Waals surface area contributed by atoms with Crippen LogP contribution in [-0.4, -0.2) is 36.6 Å². The minimum Gasteiger partial charge on any atom is -0.466 e. The normalized spacial score (nSPS) is 28.4. The number of allylic oxidation sites excluding steroid dienone is 1. The lowest BCUT2D eigenvalue weighted by molar-refractivity contribution is -0.143. The maximum absolute atomic E-state index is 11.4. The van der Waals surface area contributed by atoms with E-state index in [1.807, 2.05) is 6.92 Å². The molecule has 2 atom stereocenters. The van der Waals surface area contributed by atoms with E-state index in [2.05, 4.69) is 17.9 Å². The average molecular weight is 293 g/mol. The van der Waals surface area contributed by atoms with Gasteiger partial charge in [0, 0.05) is 12.5 Å². The van der Waals surface area contributed by atoms with Crippen molar-refractivity contribution >= 4 is 5.97 Å². The maximum Gasteiger partial charge on any atom is 0.306 e. The molecule has 2 fully saturated rings. The molecule has 0 spiro atoms. The molecule has 3 nitrogen and oxygen atoms in total. The molecule has 1 saturated carbocycles. The summed E-state index contributed by atoms with van der Waals surface area (Å²) in [6.07, 6.45) is 11.6. The third-order valence-corrected chi connectivity index (χ3v) is 4.94. The minimum absolute atomic E-state index is 0.0617. The first-order chi connectivity index (χ1) is 10.2. The molecule has 1 saturated heterocycles. The summed E-state index contributed by atoms with van der Waals surface area (Å²) in [5.41, 5.74) is 1.57. The molecule has 2 rings (SSSR count). The van der Waals surface area contributed by atoms with Crippen LogP contribution in [0.4, 0.5) is 0 Å². The van der Waals surface area contributed by atoms with Crippen LogP contribution in [-0.2, 0) is 9.53 Å². The molecule has 1 aliphatic carbocycles. The van der Waals surface area contributed by atoms with Crippen molar-refractivity contribution in [1.29, 1.82) is 0 Å². The lowest BCUT2D eigenvalue weighted by Gasteiger charge is -2.45. The SMILES string of the molecule is CCCN1CCC[C@@H]2CC/C(=C\CCC(=O)OCC)C[C@H]21. The first-order valence-electron chi connectivity index (χ1n) is 8.82. The topological polar surface area (TPSA) is 29.5 Å². The number of esters is 1. The van der Waals surface area contributed by atoms with Gasteiger partial charge in [0.1, 0.15) is 0 Å². The van der Waals surface area contributed by atoms with Gasteiger partial charge in [-0.2, -0.15) is 0 Å². The fourth-order valence-corrected chi connectivity index (χ4v) is 3.96. The number of carbonyl (C=O) groups excluding carboxylic acids is 1. The van der Waals surface area contributed by atoms with Gasteiger partial charge in [-0.3, -0.25) is 9.69 Å². The largest absolute Gasteiger partial charge is 0.466 e. The Morgan fingerprint density at radius 2 is 2.24 bits per heavy atom. The zero-order valence-electron chi connectivity index (χ0n) is 13.8. The first kappa shape index (κ1) is 16.5. The number of carbonyl (C=O) groups is 1. The Balaban J connectivity index is 1.84. The number of ether oxygens (including phenoxy) is 1. The van der Waals surface area contributed by atoms with E-state index in [1.165, 1.54) is 51.6 Å². The maximum atomic E-state index is 11.4. The van der Waals surface area contributed by atoms with Crippen molar-refractivity contribution in [3.05, 3.63) is 11.6 Å².